The fourth-order valence-electron chi connectivity index (χ4n) is 5.24. The molecule has 5 nitrogen and oxygen atoms in total. The van der Waals surface area contributed by atoms with Gasteiger partial charge in [-0.3, -0.25) is 4.79 Å². The first-order chi connectivity index (χ1) is 24.7. The Morgan fingerprint density at radius 3 is 1.74 bits per heavy atom. The van der Waals surface area contributed by atoms with Crippen molar-refractivity contribution in [1.82, 2.24) is 0 Å². The second kappa shape index (κ2) is 14.2. The summed E-state index contributed by atoms with van der Waals surface area (Å²) in [4.78, 5) is 12.3. The average Bonchev–Trinajstić information content (AvgIpc) is 3.12. The number of hydrogen-bond donors (Lipinski definition) is 0. The van der Waals surface area contributed by atoms with Gasteiger partial charge in [0.1, 0.15) is 5.75 Å². The molecule has 0 spiro atoms. The van der Waals surface area contributed by atoms with E-state index in [2.05, 4.69) is 0 Å². The molecule has 0 aliphatic heterocycles. The first-order valence-corrected chi connectivity index (χ1v) is 18.2. The highest BCUT2D eigenvalue weighted by Gasteiger charge is 2.86. The summed E-state index contributed by atoms with van der Waals surface area (Å²) < 4.78 is 165. The van der Waals surface area contributed by atoms with E-state index in [4.69, 9.17) is 8.37 Å². The molecule has 0 aliphatic rings. The van der Waals surface area contributed by atoms with E-state index in [0.717, 1.165) is 12.7 Å². The molecule has 0 radical (unpaired) electrons. The molecule has 0 saturated heterocycles. The van der Waals surface area contributed by atoms with Gasteiger partial charge in [0, 0.05) is 20.7 Å². The quantitative estimate of drug-likeness (QED) is 0.0716. The lowest BCUT2D eigenvalue weighted by atomic mass is 10.0. The summed E-state index contributed by atoms with van der Waals surface area (Å²) in [5.41, 5.74) is 1.81. The molecule has 0 bridgehead atoms. The Labute approximate surface area is 299 Å². The van der Waals surface area contributed by atoms with Gasteiger partial charge < -0.3 is 4.74 Å². The highest BCUT2D eigenvalue weighted by molar-refractivity contribution is 8.33. The van der Waals surface area contributed by atoms with Gasteiger partial charge in [0.05, 0.1) is 12.0 Å². The number of alkyl halides is 9. The minimum absolute atomic E-state index is 0.0305. The van der Waals surface area contributed by atoms with Crippen LogP contribution in [-0.2, 0) is 13.7 Å². The lowest BCUT2D eigenvalue weighted by Gasteiger charge is -2.42. The van der Waals surface area contributed by atoms with E-state index in [1.165, 1.54) is 97.1 Å². The Bertz CT molecular complexity index is 2220. The van der Waals surface area contributed by atoms with Gasteiger partial charge in [-0.25, -0.2) is 3.63 Å². The smallest absolute Gasteiger partial charge is 0.460 e. The number of hydrogen-bond acceptors (Lipinski definition) is 5. The zero-order chi connectivity index (χ0) is 39.0. The molecule has 0 atom stereocenters. The fraction of sp³-hybridized carbons (Fsp3) is 0.162. The van der Waals surface area contributed by atoms with Gasteiger partial charge >= 0.3 is 33.4 Å². The van der Waals surface area contributed by atoms with Crippen molar-refractivity contribution in [2.24, 2.45) is 0 Å². The number of fused-ring (bicyclic) bond motifs is 1. The number of benzene rings is 5. The number of aryl methyl sites for hydroxylation is 1. The van der Waals surface area contributed by atoms with Crippen LogP contribution in [0.25, 0.3) is 16.8 Å². The van der Waals surface area contributed by atoms with Crippen LogP contribution in [0.1, 0.15) is 21.5 Å². The van der Waals surface area contributed by atoms with Crippen LogP contribution in [0.2, 0.25) is 0 Å². The largest absolute Gasteiger partial charge is 0.496 e. The number of halogens is 9. The maximum atomic E-state index is 15.4. The highest BCUT2D eigenvalue weighted by Crippen LogP contribution is 2.74. The lowest BCUT2D eigenvalue weighted by molar-refractivity contribution is -0.382. The first-order valence-electron chi connectivity index (χ1n) is 15.2. The van der Waals surface area contributed by atoms with Crippen LogP contribution in [0, 0.1) is 6.92 Å². The van der Waals surface area contributed by atoms with Gasteiger partial charge in [0.15, 0.2) is 5.78 Å². The van der Waals surface area contributed by atoms with E-state index < -0.39 is 49.5 Å². The summed E-state index contributed by atoms with van der Waals surface area (Å²) in [5, 5.41) is -7.04. The van der Waals surface area contributed by atoms with Crippen LogP contribution in [0.5, 0.6) is 5.75 Å². The van der Waals surface area contributed by atoms with Crippen LogP contribution in [-0.4, -0.2) is 44.6 Å². The van der Waals surface area contributed by atoms with Crippen LogP contribution in [0.15, 0.2) is 136 Å². The van der Waals surface area contributed by atoms with E-state index >= 15 is 8.78 Å². The third-order valence-corrected chi connectivity index (χ3v) is 13.3. The molecule has 0 unspecified atom stereocenters. The molecule has 0 saturated carbocycles. The van der Waals surface area contributed by atoms with Gasteiger partial charge in [-0.15, -0.1) is 0 Å². The zero-order valence-corrected chi connectivity index (χ0v) is 29.0. The Balaban J connectivity index is 1.79. The Kier molecular flexibility index (Phi) is 10.6. The number of allylic oxidation sites excluding steroid dienone is 1. The first kappa shape index (κ1) is 39.4. The van der Waals surface area contributed by atoms with Gasteiger partial charge in [-0.05, 0) is 70.7 Å². The molecule has 0 heterocycles. The standard InChI is InChI=1S/C37H27F9O5S2/c1-24-13-15-25(16-14-24)17-21-31(47)27-18-20-30-26(23-27)19-22-32(50-2)33(30)52(28-9-5-3-6-10-28,29-11-7-4-8-12-29)51-53(48,49)37(45,46)35(40,41)34(38,39)36(42,43)44/h3-23H,1-2H3. The maximum Gasteiger partial charge on any atom is 0.460 e. The third kappa shape index (κ3) is 6.90. The molecule has 0 N–H and O–H groups in total. The molecule has 0 fully saturated rings. The Morgan fingerprint density at radius 1 is 0.679 bits per heavy atom. The monoisotopic (exact) mass is 786 g/mol. The second-order valence-corrected chi connectivity index (χ2v) is 15.9. The van der Waals surface area contributed by atoms with Crippen molar-refractivity contribution < 1.29 is 61.1 Å². The van der Waals surface area contributed by atoms with Crippen LogP contribution in [0.4, 0.5) is 39.5 Å². The van der Waals surface area contributed by atoms with Crippen LogP contribution < -0.4 is 4.74 Å². The number of rotatable bonds is 12. The predicted molar refractivity (Wildman–Crippen MR) is 181 cm³/mol. The molecule has 16 heteroatoms. The number of ketones is 1. The van der Waals surface area contributed by atoms with Crippen molar-refractivity contribution in [3.63, 3.8) is 0 Å². The predicted octanol–water partition coefficient (Wildman–Crippen LogP) is 11.0. The van der Waals surface area contributed by atoms with Crippen molar-refractivity contribution in [3.05, 3.63) is 138 Å². The third-order valence-electron chi connectivity index (χ3n) is 8.00. The minimum Gasteiger partial charge on any atom is -0.496 e. The summed E-state index contributed by atoms with van der Waals surface area (Å²) in [5.74, 6) is -15.8. The molecular weight excluding hydrogens is 760 g/mol. The van der Waals surface area contributed by atoms with Crippen molar-refractivity contribution in [2.45, 2.75) is 44.9 Å². The molecule has 5 aromatic carbocycles. The summed E-state index contributed by atoms with van der Waals surface area (Å²) in [6, 6.07) is 26.6. The second-order valence-electron chi connectivity index (χ2n) is 11.5. The van der Waals surface area contributed by atoms with E-state index in [9.17, 15) is 43.9 Å². The lowest BCUT2D eigenvalue weighted by Crippen LogP contribution is -2.63. The number of methoxy groups -OCH3 is 1. The van der Waals surface area contributed by atoms with Crippen molar-refractivity contribution >= 4 is 43.1 Å². The number of carbonyl (C=O) groups is 1. The van der Waals surface area contributed by atoms with Crippen LogP contribution >= 0.6 is 10.3 Å². The minimum atomic E-state index is -7.56. The molecule has 0 amide bonds. The van der Waals surface area contributed by atoms with E-state index in [-0.39, 0.29) is 36.8 Å². The van der Waals surface area contributed by atoms with Gasteiger partial charge in [0.25, 0.3) is 0 Å². The number of carbonyl (C=O) groups excluding carboxylic acids is 1. The average molecular weight is 787 g/mol. The Hall–Kier alpha value is -4.80. The molecule has 0 aliphatic carbocycles. The molecule has 5 aromatic rings. The molecule has 5 rings (SSSR count). The van der Waals surface area contributed by atoms with Crippen molar-refractivity contribution in [1.29, 1.82) is 0 Å². The summed E-state index contributed by atoms with van der Waals surface area (Å²) in [6.45, 7) is 1.89. The van der Waals surface area contributed by atoms with Gasteiger partial charge in [-0.1, -0.05) is 90.5 Å². The Morgan fingerprint density at radius 2 is 1.23 bits per heavy atom. The zero-order valence-electron chi connectivity index (χ0n) is 27.4. The summed E-state index contributed by atoms with van der Waals surface area (Å²) in [6.07, 6.45) is -4.45. The summed E-state index contributed by atoms with van der Waals surface area (Å²) in [7, 11) is -10.8. The summed E-state index contributed by atoms with van der Waals surface area (Å²) >= 11 is 0. The fourth-order valence-corrected chi connectivity index (χ4v) is 10.8. The van der Waals surface area contributed by atoms with Crippen LogP contribution in [0.3, 0.4) is 0 Å². The van der Waals surface area contributed by atoms with Gasteiger partial charge in [0.2, 0.25) is 0 Å². The molecular formula is C37H27F9O5S2. The maximum absolute atomic E-state index is 15.4. The van der Waals surface area contributed by atoms with E-state index in [0.29, 0.717) is 5.56 Å². The van der Waals surface area contributed by atoms with Gasteiger partial charge in [-0.2, -0.15) is 47.9 Å². The SMILES string of the molecule is COc1ccc2cc(C(=O)C=Cc3ccc(C)cc3)ccc2c1S(OS(=O)(=O)C(F)(F)C(F)(F)C(F)(F)C(F)(F)F)(c1ccccc1)c1ccccc1. The van der Waals surface area contributed by atoms with Crippen molar-refractivity contribution in [2.75, 3.05) is 7.11 Å². The van der Waals surface area contributed by atoms with Crippen molar-refractivity contribution in [3.8, 4) is 5.75 Å². The molecule has 53 heavy (non-hydrogen) atoms. The van der Waals surface area contributed by atoms with E-state index in [1.807, 2.05) is 19.1 Å². The highest BCUT2D eigenvalue weighted by atomic mass is 32.3. The number of ether oxygens (including phenoxy) is 1. The molecule has 0 aromatic heterocycles. The normalized spacial score (nSPS) is 13.7. The topological polar surface area (TPSA) is 69.7 Å². The van der Waals surface area contributed by atoms with E-state index in [1.54, 1.807) is 18.2 Å². The molecule has 280 valence electrons.